The smallest absolute Gasteiger partial charge is 0.542 e. The summed E-state index contributed by atoms with van der Waals surface area (Å²) in [5.41, 5.74) is 0. The molecule has 0 spiro atoms. The molecular formula is C12H18CaO6. The van der Waals surface area contributed by atoms with Crippen LogP contribution in [0.25, 0.3) is 0 Å². The van der Waals surface area contributed by atoms with Crippen molar-refractivity contribution in [3.8, 4) is 0 Å². The van der Waals surface area contributed by atoms with Gasteiger partial charge in [-0.3, -0.25) is 9.59 Å². The van der Waals surface area contributed by atoms with Gasteiger partial charge in [-0.1, -0.05) is 27.7 Å². The number of carbonyl (C=O) groups excluding carboxylic acids is 4. The first-order valence-corrected chi connectivity index (χ1v) is 5.69. The van der Waals surface area contributed by atoms with Crippen molar-refractivity contribution >= 4 is 61.2 Å². The molecule has 0 heterocycles. The van der Waals surface area contributed by atoms with Gasteiger partial charge in [0.15, 0.2) is 11.6 Å². The molecule has 0 rings (SSSR count). The zero-order valence-electron chi connectivity index (χ0n) is 11.7. The second kappa shape index (κ2) is 12.6. The molecule has 0 saturated carbocycles. The number of hydrogen-bond donors (Lipinski definition) is 0. The SMILES string of the molecule is CC[C@@H](C)C(=O)C(=O)[O-].CC[C@@H](C)C(=O)C(=O)[O-].[Ca+2]. The second-order valence-electron chi connectivity index (χ2n) is 3.92. The molecule has 19 heavy (non-hydrogen) atoms. The molecule has 0 N–H and O–H groups in total. The summed E-state index contributed by atoms with van der Waals surface area (Å²) in [5.74, 6) is -5.59. The van der Waals surface area contributed by atoms with Crippen molar-refractivity contribution in [2.24, 2.45) is 11.8 Å². The minimum Gasteiger partial charge on any atom is -0.542 e. The molecule has 0 aliphatic rings. The maximum absolute atomic E-state index is 10.4. The third-order valence-electron chi connectivity index (χ3n) is 2.52. The maximum atomic E-state index is 10.4. The molecule has 7 heteroatoms. The largest absolute Gasteiger partial charge is 2.00 e. The Morgan fingerprint density at radius 2 is 1.00 bits per heavy atom. The topological polar surface area (TPSA) is 114 Å². The molecule has 2 atom stereocenters. The van der Waals surface area contributed by atoms with E-state index < -0.39 is 35.3 Å². The number of hydrogen-bond acceptors (Lipinski definition) is 6. The van der Waals surface area contributed by atoms with Gasteiger partial charge in [0, 0.05) is 11.8 Å². The molecule has 104 valence electrons. The fourth-order valence-electron chi connectivity index (χ4n) is 0.773. The van der Waals surface area contributed by atoms with Crippen LogP contribution in [0.1, 0.15) is 40.5 Å². The minimum absolute atomic E-state index is 0. The molecule has 0 radical (unpaired) electrons. The number of Topliss-reactive ketones (excluding diaryl/α,β-unsaturated/α-hetero) is 2. The maximum Gasteiger partial charge on any atom is 2.00 e. The molecule has 0 aliphatic heterocycles. The van der Waals surface area contributed by atoms with Crippen LogP contribution in [0.15, 0.2) is 0 Å². The monoisotopic (exact) mass is 298 g/mol. The van der Waals surface area contributed by atoms with Gasteiger partial charge < -0.3 is 19.8 Å². The van der Waals surface area contributed by atoms with Crippen molar-refractivity contribution in [2.75, 3.05) is 0 Å². The van der Waals surface area contributed by atoms with E-state index in [1.807, 2.05) is 0 Å². The van der Waals surface area contributed by atoms with Crippen molar-refractivity contribution in [3.63, 3.8) is 0 Å². The average Bonchev–Trinajstić information content (AvgIpc) is 2.35. The molecule has 6 nitrogen and oxygen atoms in total. The third kappa shape index (κ3) is 11.1. The Morgan fingerprint density at radius 1 is 0.789 bits per heavy atom. The Hall–Kier alpha value is -0.460. The molecule has 0 fully saturated rings. The van der Waals surface area contributed by atoms with E-state index in [1.165, 1.54) is 0 Å². The zero-order valence-corrected chi connectivity index (χ0v) is 13.9. The molecular weight excluding hydrogens is 280 g/mol. The molecule has 0 bridgehead atoms. The Kier molecular flexibility index (Phi) is 15.6. The Labute approximate surface area is 142 Å². The molecule has 0 aromatic rings. The second-order valence-corrected chi connectivity index (χ2v) is 3.92. The number of rotatable bonds is 6. The van der Waals surface area contributed by atoms with Crippen molar-refractivity contribution in [1.29, 1.82) is 0 Å². The van der Waals surface area contributed by atoms with Crippen molar-refractivity contribution in [2.45, 2.75) is 40.5 Å². The minimum atomic E-state index is -1.58. The van der Waals surface area contributed by atoms with Gasteiger partial charge >= 0.3 is 37.7 Å². The third-order valence-corrected chi connectivity index (χ3v) is 2.52. The summed E-state index contributed by atoms with van der Waals surface area (Å²) >= 11 is 0. The van der Waals surface area contributed by atoms with Crippen LogP contribution in [0, 0.1) is 11.8 Å². The van der Waals surface area contributed by atoms with Gasteiger partial charge in [0.25, 0.3) is 0 Å². The van der Waals surface area contributed by atoms with E-state index in [-0.39, 0.29) is 37.7 Å². The van der Waals surface area contributed by atoms with Crippen LogP contribution in [0.3, 0.4) is 0 Å². The Morgan fingerprint density at radius 3 is 1.05 bits per heavy atom. The number of ketones is 2. The first-order chi connectivity index (χ1) is 8.18. The van der Waals surface area contributed by atoms with Gasteiger partial charge in [-0.15, -0.1) is 0 Å². The van der Waals surface area contributed by atoms with Crippen LogP contribution >= 0.6 is 0 Å². The summed E-state index contributed by atoms with van der Waals surface area (Å²) < 4.78 is 0. The van der Waals surface area contributed by atoms with E-state index in [0.29, 0.717) is 12.8 Å². The van der Waals surface area contributed by atoms with E-state index in [2.05, 4.69) is 0 Å². The fourth-order valence-corrected chi connectivity index (χ4v) is 0.773. The zero-order chi connectivity index (χ0) is 14.9. The summed E-state index contributed by atoms with van der Waals surface area (Å²) in [6, 6.07) is 0. The summed E-state index contributed by atoms with van der Waals surface area (Å²) in [6.45, 7) is 6.65. The van der Waals surface area contributed by atoms with Crippen LogP contribution in [0.4, 0.5) is 0 Å². The molecule has 0 amide bonds. The quantitative estimate of drug-likeness (QED) is 0.427. The normalized spacial score (nSPS) is 12.0. The van der Waals surface area contributed by atoms with Crippen LogP contribution in [-0.2, 0) is 19.2 Å². The number of carboxylic acid groups (broad SMARTS) is 2. The summed E-state index contributed by atoms with van der Waals surface area (Å²) in [4.78, 5) is 40.5. The molecule has 0 unspecified atom stereocenters. The fraction of sp³-hybridized carbons (Fsp3) is 0.667. The van der Waals surface area contributed by atoms with Gasteiger partial charge in [-0.05, 0) is 12.8 Å². The van der Waals surface area contributed by atoms with Crippen molar-refractivity contribution in [3.05, 3.63) is 0 Å². The van der Waals surface area contributed by atoms with E-state index in [1.54, 1.807) is 27.7 Å². The summed E-state index contributed by atoms with van der Waals surface area (Å²) in [7, 11) is 0. The van der Waals surface area contributed by atoms with E-state index >= 15 is 0 Å². The predicted octanol–water partition coefficient (Wildman–Crippen LogP) is -1.68. The van der Waals surface area contributed by atoms with Crippen LogP contribution in [-0.4, -0.2) is 61.2 Å². The summed E-state index contributed by atoms with van der Waals surface area (Å²) in [6.07, 6.45) is 1.10. The number of carbonyl (C=O) groups is 4. The van der Waals surface area contributed by atoms with Gasteiger partial charge in [0.2, 0.25) is 0 Å². The van der Waals surface area contributed by atoms with E-state index in [0.717, 1.165) is 0 Å². The molecule has 0 saturated heterocycles. The van der Waals surface area contributed by atoms with Crippen molar-refractivity contribution < 1.29 is 29.4 Å². The van der Waals surface area contributed by atoms with Crippen LogP contribution in [0.2, 0.25) is 0 Å². The van der Waals surface area contributed by atoms with E-state index in [4.69, 9.17) is 0 Å². The first kappa shape index (κ1) is 23.6. The molecule has 0 aromatic carbocycles. The van der Waals surface area contributed by atoms with Crippen molar-refractivity contribution in [1.82, 2.24) is 0 Å². The number of aliphatic carboxylic acids is 2. The predicted molar refractivity (Wildman–Crippen MR) is 64.7 cm³/mol. The standard InChI is InChI=1S/2C6H10O3.Ca/c2*1-3-4(2)5(7)6(8)9;/h2*4H,3H2,1-2H3,(H,8,9);/q;;+2/p-2/t2*4-;/m11./s1. The van der Waals surface area contributed by atoms with Gasteiger partial charge in [-0.25, -0.2) is 0 Å². The molecule has 0 aliphatic carbocycles. The first-order valence-electron chi connectivity index (χ1n) is 5.69. The van der Waals surface area contributed by atoms with E-state index in [9.17, 15) is 29.4 Å². The Balaban J connectivity index is -0.000000256. The number of carboxylic acids is 2. The summed E-state index contributed by atoms with van der Waals surface area (Å²) in [5, 5.41) is 19.7. The average molecular weight is 298 g/mol. The van der Waals surface area contributed by atoms with Gasteiger partial charge in [0.1, 0.15) is 11.9 Å². The van der Waals surface area contributed by atoms with Crippen LogP contribution < -0.4 is 10.2 Å². The van der Waals surface area contributed by atoms with Gasteiger partial charge in [0.05, 0.1) is 0 Å². The van der Waals surface area contributed by atoms with Crippen LogP contribution in [0.5, 0.6) is 0 Å². The van der Waals surface area contributed by atoms with Gasteiger partial charge in [-0.2, -0.15) is 0 Å². The Bertz CT molecular complexity index is 294. The molecule has 0 aromatic heterocycles.